The summed E-state index contributed by atoms with van der Waals surface area (Å²) in [6.45, 7) is 0. The molecule has 1 aromatic carbocycles. The minimum absolute atomic E-state index is 0.0702. The first-order valence-electron chi connectivity index (χ1n) is 3.50. The van der Waals surface area contributed by atoms with Gasteiger partial charge in [-0.25, -0.2) is 0 Å². The van der Waals surface area contributed by atoms with Crippen LogP contribution in [-0.2, 0) is 0 Å². The van der Waals surface area contributed by atoms with Crippen LogP contribution in [0.2, 0.25) is 5.02 Å². The van der Waals surface area contributed by atoms with Gasteiger partial charge in [0.1, 0.15) is 11.7 Å². The number of hydrogen-bond acceptors (Lipinski definition) is 2. The maximum atomic E-state index is 7.20. The van der Waals surface area contributed by atoms with E-state index in [9.17, 15) is 0 Å². The SMILES string of the molecule is N=C(N)c1ccc(Cl)c(C(=N)N)c1. The fraction of sp³-hybridized carbons (Fsp3) is 0. The maximum absolute atomic E-state index is 7.20. The molecule has 0 atom stereocenters. The van der Waals surface area contributed by atoms with Gasteiger partial charge in [-0.1, -0.05) is 11.6 Å². The summed E-state index contributed by atoms with van der Waals surface area (Å²) in [5, 5.41) is 14.7. The van der Waals surface area contributed by atoms with Gasteiger partial charge < -0.3 is 11.5 Å². The van der Waals surface area contributed by atoms with E-state index in [4.69, 9.17) is 33.9 Å². The Morgan fingerprint density at radius 3 is 2.23 bits per heavy atom. The number of hydrogen-bond donors (Lipinski definition) is 4. The minimum atomic E-state index is -0.131. The Bertz CT molecular complexity index is 372. The Labute approximate surface area is 80.5 Å². The molecule has 0 aliphatic rings. The summed E-state index contributed by atoms with van der Waals surface area (Å²) < 4.78 is 0. The number of nitrogens with one attached hydrogen (secondary N) is 2. The summed E-state index contributed by atoms with van der Waals surface area (Å²) in [6, 6.07) is 4.69. The second-order valence-electron chi connectivity index (χ2n) is 2.52. The predicted molar refractivity (Wildman–Crippen MR) is 53.5 cm³/mol. The molecule has 13 heavy (non-hydrogen) atoms. The molecule has 0 aliphatic carbocycles. The first kappa shape index (κ1) is 9.54. The van der Waals surface area contributed by atoms with Gasteiger partial charge in [0, 0.05) is 11.1 Å². The molecule has 0 amide bonds. The first-order chi connectivity index (χ1) is 6.02. The molecule has 0 spiro atoms. The molecule has 0 aliphatic heterocycles. The van der Waals surface area contributed by atoms with E-state index in [-0.39, 0.29) is 11.7 Å². The van der Waals surface area contributed by atoms with E-state index >= 15 is 0 Å². The van der Waals surface area contributed by atoms with Crippen LogP contribution in [0.5, 0.6) is 0 Å². The largest absolute Gasteiger partial charge is 0.384 e. The zero-order valence-electron chi connectivity index (χ0n) is 6.76. The maximum Gasteiger partial charge on any atom is 0.124 e. The molecule has 0 bridgehead atoms. The molecule has 5 heteroatoms. The molecular formula is C8H9ClN4. The van der Waals surface area contributed by atoms with Crippen LogP contribution in [-0.4, -0.2) is 11.7 Å². The van der Waals surface area contributed by atoms with Gasteiger partial charge in [-0.05, 0) is 18.2 Å². The third-order valence-corrected chi connectivity index (χ3v) is 1.90. The van der Waals surface area contributed by atoms with E-state index in [1.165, 1.54) is 6.07 Å². The van der Waals surface area contributed by atoms with Crippen molar-refractivity contribution in [3.63, 3.8) is 0 Å². The van der Waals surface area contributed by atoms with E-state index in [0.29, 0.717) is 16.1 Å². The van der Waals surface area contributed by atoms with Gasteiger partial charge in [0.15, 0.2) is 0 Å². The van der Waals surface area contributed by atoms with E-state index in [2.05, 4.69) is 0 Å². The molecule has 0 saturated heterocycles. The van der Waals surface area contributed by atoms with Crippen LogP contribution in [0.1, 0.15) is 11.1 Å². The average molecular weight is 197 g/mol. The summed E-state index contributed by atoms with van der Waals surface area (Å²) in [5.74, 6) is -0.202. The molecule has 4 nitrogen and oxygen atoms in total. The van der Waals surface area contributed by atoms with Gasteiger partial charge in [0.25, 0.3) is 0 Å². The van der Waals surface area contributed by atoms with Crippen molar-refractivity contribution in [3.8, 4) is 0 Å². The molecule has 1 aromatic rings. The van der Waals surface area contributed by atoms with Crippen molar-refractivity contribution in [1.82, 2.24) is 0 Å². The molecule has 1 rings (SSSR count). The van der Waals surface area contributed by atoms with Gasteiger partial charge in [-0.2, -0.15) is 0 Å². The summed E-state index contributed by atoms with van der Waals surface area (Å²) in [5.41, 5.74) is 11.4. The summed E-state index contributed by atoms with van der Waals surface area (Å²) in [7, 11) is 0. The van der Waals surface area contributed by atoms with Crippen molar-refractivity contribution in [1.29, 1.82) is 10.8 Å². The molecule has 0 aromatic heterocycles. The van der Waals surface area contributed by atoms with Crippen LogP contribution >= 0.6 is 11.6 Å². The second-order valence-corrected chi connectivity index (χ2v) is 2.93. The number of halogens is 1. The number of nitrogen functional groups attached to an aromatic ring is 2. The highest BCUT2D eigenvalue weighted by atomic mass is 35.5. The van der Waals surface area contributed by atoms with Crippen molar-refractivity contribution in [3.05, 3.63) is 34.3 Å². The third kappa shape index (κ3) is 1.97. The molecule has 68 valence electrons. The van der Waals surface area contributed by atoms with Gasteiger partial charge >= 0.3 is 0 Å². The highest BCUT2D eigenvalue weighted by Crippen LogP contribution is 2.16. The average Bonchev–Trinajstić information content (AvgIpc) is 2.04. The van der Waals surface area contributed by atoms with Gasteiger partial charge in [0.2, 0.25) is 0 Å². The van der Waals surface area contributed by atoms with Crippen molar-refractivity contribution < 1.29 is 0 Å². The quantitative estimate of drug-likeness (QED) is 0.418. The van der Waals surface area contributed by atoms with Crippen molar-refractivity contribution in [2.45, 2.75) is 0 Å². The van der Waals surface area contributed by atoms with E-state index < -0.39 is 0 Å². The standard InChI is InChI=1S/C8H9ClN4/c9-6-2-1-4(7(10)11)3-5(6)8(12)13/h1-3H,(H3,10,11)(H3,12,13). The Balaban J connectivity index is 3.27. The van der Waals surface area contributed by atoms with Crippen molar-refractivity contribution in [2.75, 3.05) is 0 Å². The molecule has 0 fully saturated rings. The molecule has 0 saturated carbocycles. The lowest BCUT2D eigenvalue weighted by molar-refractivity contribution is 1.39. The number of rotatable bonds is 2. The Morgan fingerprint density at radius 2 is 1.77 bits per heavy atom. The Kier molecular flexibility index (Phi) is 2.53. The molecule has 0 heterocycles. The Hall–Kier alpha value is -1.55. The number of benzene rings is 1. The van der Waals surface area contributed by atoms with Gasteiger partial charge in [0.05, 0.1) is 5.02 Å². The van der Waals surface area contributed by atoms with Crippen molar-refractivity contribution >= 4 is 23.3 Å². The lowest BCUT2D eigenvalue weighted by atomic mass is 10.1. The number of amidine groups is 2. The lowest BCUT2D eigenvalue weighted by Crippen LogP contribution is -2.15. The normalized spacial score (nSPS) is 9.62. The van der Waals surface area contributed by atoms with E-state index in [1.807, 2.05) is 0 Å². The van der Waals surface area contributed by atoms with Crippen LogP contribution < -0.4 is 11.5 Å². The van der Waals surface area contributed by atoms with Crippen LogP contribution in [0.15, 0.2) is 18.2 Å². The summed E-state index contributed by atoms with van der Waals surface area (Å²) in [6.07, 6.45) is 0. The van der Waals surface area contributed by atoms with Gasteiger partial charge in [-0.15, -0.1) is 0 Å². The van der Waals surface area contributed by atoms with E-state index in [0.717, 1.165) is 0 Å². The second kappa shape index (κ2) is 3.45. The van der Waals surface area contributed by atoms with E-state index in [1.54, 1.807) is 12.1 Å². The fourth-order valence-electron chi connectivity index (χ4n) is 0.899. The molecule has 0 unspecified atom stereocenters. The zero-order chi connectivity index (χ0) is 10.0. The zero-order valence-corrected chi connectivity index (χ0v) is 7.52. The van der Waals surface area contributed by atoms with Crippen LogP contribution in [0, 0.1) is 10.8 Å². The monoisotopic (exact) mass is 196 g/mol. The minimum Gasteiger partial charge on any atom is -0.384 e. The molecular weight excluding hydrogens is 188 g/mol. The summed E-state index contributed by atoms with van der Waals surface area (Å²) >= 11 is 5.76. The predicted octanol–water partition coefficient (Wildman–Crippen LogP) is 0.908. The smallest absolute Gasteiger partial charge is 0.124 e. The first-order valence-corrected chi connectivity index (χ1v) is 3.88. The van der Waals surface area contributed by atoms with Crippen LogP contribution in [0.3, 0.4) is 0 Å². The highest BCUT2D eigenvalue weighted by molar-refractivity contribution is 6.34. The highest BCUT2D eigenvalue weighted by Gasteiger charge is 2.05. The van der Waals surface area contributed by atoms with Crippen LogP contribution in [0.25, 0.3) is 0 Å². The summed E-state index contributed by atoms with van der Waals surface area (Å²) in [4.78, 5) is 0. The number of nitrogens with two attached hydrogens (primary N) is 2. The topological polar surface area (TPSA) is 99.7 Å². The molecule has 0 radical (unpaired) electrons. The van der Waals surface area contributed by atoms with Gasteiger partial charge in [-0.3, -0.25) is 10.8 Å². The van der Waals surface area contributed by atoms with Crippen LogP contribution in [0.4, 0.5) is 0 Å². The lowest BCUT2D eigenvalue weighted by Gasteiger charge is -2.04. The third-order valence-electron chi connectivity index (χ3n) is 1.57. The fourth-order valence-corrected chi connectivity index (χ4v) is 1.12. The van der Waals surface area contributed by atoms with Crippen molar-refractivity contribution in [2.24, 2.45) is 11.5 Å². The Morgan fingerprint density at radius 1 is 1.15 bits per heavy atom. The molecule has 6 N–H and O–H groups in total.